The van der Waals surface area contributed by atoms with Crippen molar-refractivity contribution in [1.82, 2.24) is 0 Å². The van der Waals surface area contributed by atoms with Crippen LogP contribution in [-0.2, 0) is 19.1 Å². The number of carbonyl (C=O) groups excluding carboxylic acids is 2. The van der Waals surface area contributed by atoms with Crippen molar-refractivity contribution in [2.24, 2.45) is 11.3 Å². The lowest BCUT2D eigenvalue weighted by Crippen LogP contribution is -2.46. The van der Waals surface area contributed by atoms with Crippen LogP contribution in [0, 0.1) is 21.4 Å². The molecule has 1 heterocycles. The lowest BCUT2D eigenvalue weighted by atomic mass is 9.72. The number of rotatable bonds is 5. The lowest BCUT2D eigenvalue weighted by molar-refractivity contribution is -0.490. The van der Waals surface area contributed by atoms with Crippen LogP contribution >= 0.6 is 0 Å². The van der Waals surface area contributed by atoms with Gasteiger partial charge in [0.2, 0.25) is 6.54 Å². The molecule has 7 nitrogen and oxygen atoms in total. The largest absolute Gasteiger partial charge is 0.468 e. The van der Waals surface area contributed by atoms with Crippen molar-refractivity contribution in [3.8, 4) is 0 Å². The number of cyclic esters (lactones) is 1. The minimum absolute atomic E-state index is 0.0646. The highest BCUT2D eigenvalue weighted by Crippen LogP contribution is 2.44. The van der Waals surface area contributed by atoms with Gasteiger partial charge >= 0.3 is 11.9 Å². The van der Waals surface area contributed by atoms with Gasteiger partial charge < -0.3 is 9.47 Å². The van der Waals surface area contributed by atoms with Gasteiger partial charge in [0.1, 0.15) is 5.76 Å². The molecule has 2 atom stereocenters. The highest BCUT2D eigenvalue weighted by Gasteiger charge is 2.60. The molecule has 2 unspecified atom stereocenters. The normalized spacial score (nSPS) is 24.6. The van der Waals surface area contributed by atoms with Crippen LogP contribution in [0.15, 0.2) is 12.3 Å². The maximum absolute atomic E-state index is 11.9. The lowest BCUT2D eigenvalue weighted by Gasteiger charge is -2.27. The molecule has 1 aliphatic rings. The second-order valence-electron chi connectivity index (χ2n) is 4.19. The Bertz CT molecular complexity index is 404. The Morgan fingerprint density at radius 2 is 2.33 bits per heavy atom. The molecule has 0 aromatic heterocycles. The van der Waals surface area contributed by atoms with Crippen LogP contribution in [-0.4, -0.2) is 30.5 Å². The summed E-state index contributed by atoms with van der Waals surface area (Å²) >= 11 is 0. The Hall–Kier alpha value is -1.92. The monoisotopic (exact) mass is 257 g/mol. The number of hydrogen-bond donors (Lipinski definition) is 0. The number of nitro groups is 1. The summed E-state index contributed by atoms with van der Waals surface area (Å²) in [6.07, 6.45) is 0.226. The van der Waals surface area contributed by atoms with Crippen molar-refractivity contribution in [2.45, 2.75) is 19.8 Å². The summed E-state index contributed by atoms with van der Waals surface area (Å²) in [7, 11) is 1.14. The fraction of sp³-hybridized carbons (Fsp3) is 0.636. The number of hydrogen-bond acceptors (Lipinski definition) is 6. The fourth-order valence-corrected chi connectivity index (χ4v) is 2.27. The Balaban J connectivity index is 3.19. The van der Waals surface area contributed by atoms with Crippen molar-refractivity contribution in [1.29, 1.82) is 0 Å². The maximum Gasteiger partial charge on any atom is 0.329 e. The molecule has 1 fully saturated rings. The highest BCUT2D eigenvalue weighted by atomic mass is 16.6. The van der Waals surface area contributed by atoms with Gasteiger partial charge in [-0.05, 0) is 6.42 Å². The second-order valence-corrected chi connectivity index (χ2v) is 4.19. The number of ether oxygens (including phenoxy) is 2. The van der Waals surface area contributed by atoms with E-state index >= 15 is 0 Å². The standard InChI is InChI=1S/C11H15NO6/c1-4-8(6-12(15)16)11(9(13)17-3)5-7(2)18-10(11)14/h8H,2,4-6H2,1,3H3. The van der Waals surface area contributed by atoms with E-state index in [2.05, 4.69) is 11.3 Å². The van der Waals surface area contributed by atoms with Crippen LogP contribution < -0.4 is 0 Å². The van der Waals surface area contributed by atoms with E-state index in [1.54, 1.807) is 6.92 Å². The van der Waals surface area contributed by atoms with Crippen molar-refractivity contribution in [2.75, 3.05) is 13.7 Å². The molecule has 0 aromatic rings. The van der Waals surface area contributed by atoms with Gasteiger partial charge in [-0.25, -0.2) is 0 Å². The molecule has 0 N–H and O–H groups in total. The zero-order valence-corrected chi connectivity index (χ0v) is 10.3. The molecule has 0 bridgehead atoms. The molecule has 0 aliphatic carbocycles. The molecule has 1 saturated heterocycles. The third kappa shape index (κ3) is 2.20. The zero-order valence-electron chi connectivity index (χ0n) is 10.3. The van der Waals surface area contributed by atoms with Crippen LogP contribution in [0.4, 0.5) is 0 Å². The molecule has 0 radical (unpaired) electrons. The summed E-state index contributed by atoms with van der Waals surface area (Å²) in [5.74, 6) is -2.26. The molecular formula is C11H15NO6. The minimum atomic E-state index is -1.63. The first-order chi connectivity index (χ1) is 8.38. The SMILES string of the molecule is C=C1CC(C(=O)OC)(C(CC)C[N+](=O)[O-])C(=O)O1. The number of methoxy groups -OCH3 is 1. The Morgan fingerprint density at radius 3 is 2.67 bits per heavy atom. The smallest absolute Gasteiger partial charge is 0.329 e. The van der Waals surface area contributed by atoms with Crippen molar-refractivity contribution in [3.63, 3.8) is 0 Å². The summed E-state index contributed by atoms with van der Waals surface area (Å²) in [4.78, 5) is 33.9. The molecular weight excluding hydrogens is 242 g/mol. The molecule has 0 aromatic carbocycles. The third-order valence-corrected chi connectivity index (χ3v) is 3.19. The molecule has 1 aliphatic heterocycles. The number of esters is 2. The summed E-state index contributed by atoms with van der Waals surface area (Å²) in [5.41, 5.74) is -1.63. The van der Waals surface area contributed by atoms with E-state index in [0.29, 0.717) is 6.42 Å². The topological polar surface area (TPSA) is 95.7 Å². The number of allylic oxidation sites excluding steroid dienone is 1. The van der Waals surface area contributed by atoms with E-state index in [1.807, 2.05) is 0 Å². The summed E-state index contributed by atoms with van der Waals surface area (Å²) < 4.78 is 9.42. The van der Waals surface area contributed by atoms with Gasteiger partial charge in [0.15, 0.2) is 5.41 Å². The first kappa shape index (κ1) is 14.1. The third-order valence-electron chi connectivity index (χ3n) is 3.19. The first-order valence-corrected chi connectivity index (χ1v) is 5.48. The van der Waals surface area contributed by atoms with Gasteiger partial charge in [-0.2, -0.15) is 0 Å². The van der Waals surface area contributed by atoms with E-state index in [1.165, 1.54) is 0 Å². The molecule has 0 saturated carbocycles. The van der Waals surface area contributed by atoms with Gasteiger partial charge in [-0.1, -0.05) is 13.5 Å². The molecule has 1 rings (SSSR count). The summed E-state index contributed by atoms with van der Waals surface area (Å²) in [5, 5.41) is 10.6. The predicted molar refractivity (Wildman–Crippen MR) is 59.9 cm³/mol. The summed E-state index contributed by atoms with van der Waals surface area (Å²) in [6, 6.07) is 0. The van der Waals surface area contributed by atoms with E-state index in [4.69, 9.17) is 4.74 Å². The van der Waals surface area contributed by atoms with E-state index < -0.39 is 34.7 Å². The van der Waals surface area contributed by atoms with Crippen LogP contribution in [0.1, 0.15) is 19.8 Å². The average Bonchev–Trinajstić information content (AvgIpc) is 2.61. The van der Waals surface area contributed by atoms with Gasteiger partial charge in [0.25, 0.3) is 0 Å². The van der Waals surface area contributed by atoms with Crippen LogP contribution in [0.25, 0.3) is 0 Å². The van der Waals surface area contributed by atoms with Crippen LogP contribution in [0.5, 0.6) is 0 Å². The number of carbonyl (C=O) groups is 2. The van der Waals surface area contributed by atoms with Gasteiger partial charge in [0, 0.05) is 11.3 Å². The second kappa shape index (κ2) is 5.16. The van der Waals surface area contributed by atoms with Crippen LogP contribution in [0.2, 0.25) is 0 Å². The first-order valence-electron chi connectivity index (χ1n) is 5.48. The summed E-state index contributed by atoms with van der Waals surface area (Å²) in [6.45, 7) is 4.67. The fourth-order valence-electron chi connectivity index (χ4n) is 2.27. The Labute approximate surface area is 104 Å². The zero-order chi connectivity index (χ0) is 13.9. The quantitative estimate of drug-likeness (QED) is 0.314. The minimum Gasteiger partial charge on any atom is -0.468 e. The Morgan fingerprint density at radius 1 is 1.72 bits per heavy atom. The van der Waals surface area contributed by atoms with Crippen molar-refractivity contribution < 1.29 is 24.0 Å². The number of nitrogens with zero attached hydrogens (tertiary/aromatic N) is 1. The van der Waals surface area contributed by atoms with Gasteiger partial charge in [-0.15, -0.1) is 0 Å². The highest BCUT2D eigenvalue weighted by molar-refractivity contribution is 6.02. The maximum atomic E-state index is 11.9. The van der Waals surface area contributed by atoms with Crippen LogP contribution in [0.3, 0.4) is 0 Å². The van der Waals surface area contributed by atoms with E-state index in [9.17, 15) is 19.7 Å². The van der Waals surface area contributed by atoms with Crippen molar-refractivity contribution >= 4 is 11.9 Å². The Kier molecular flexibility index (Phi) is 4.05. The van der Waals surface area contributed by atoms with Gasteiger partial charge in [0.05, 0.1) is 13.0 Å². The molecule has 18 heavy (non-hydrogen) atoms. The molecule has 7 heteroatoms. The van der Waals surface area contributed by atoms with Crippen molar-refractivity contribution in [3.05, 3.63) is 22.5 Å². The molecule has 100 valence electrons. The molecule has 0 amide bonds. The predicted octanol–water partition coefficient (Wildman–Crippen LogP) is 0.909. The van der Waals surface area contributed by atoms with E-state index in [0.717, 1.165) is 7.11 Å². The molecule has 0 spiro atoms. The average molecular weight is 257 g/mol. The van der Waals surface area contributed by atoms with E-state index in [-0.39, 0.29) is 12.2 Å². The van der Waals surface area contributed by atoms with Gasteiger partial charge in [-0.3, -0.25) is 19.7 Å².